The number of rotatable bonds is 5. The second kappa shape index (κ2) is 6.12. The van der Waals surface area contributed by atoms with Crippen molar-refractivity contribution in [2.45, 2.75) is 6.42 Å². The molecule has 0 saturated carbocycles. The molecule has 0 bridgehead atoms. The molecule has 0 aliphatic carbocycles. The summed E-state index contributed by atoms with van der Waals surface area (Å²) >= 11 is 12.1. The van der Waals surface area contributed by atoms with Gasteiger partial charge in [0.15, 0.2) is 0 Å². The summed E-state index contributed by atoms with van der Waals surface area (Å²) in [5, 5.41) is 11.2. The minimum absolute atomic E-state index is 0.505. The van der Waals surface area contributed by atoms with Gasteiger partial charge in [0.1, 0.15) is 11.6 Å². The summed E-state index contributed by atoms with van der Waals surface area (Å²) in [6.45, 7) is 0.725. The van der Waals surface area contributed by atoms with Gasteiger partial charge < -0.3 is 10.6 Å². The summed E-state index contributed by atoms with van der Waals surface area (Å²) in [5.41, 5.74) is 1.16. The van der Waals surface area contributed by atoms with E-state index in [1.165, 1.54) is 0 Å². The van der Waals surface area contributed by atoms with Gasteiger partial charge in [-0.05, 0) is 18.1 Å². The van der Waals surface area contributed by atoms with Gasteiger partial charge in [0.25, 0.3) is 0 Å². The van der Waals surface area contributed by atoms with Crippen molar-refractivity contribution in [2.24, 2.45) is 7.05 Å². The van der Waals surface area contributed by atoms with Crippen LogP contribution in [0.25, 0.3) is 0 Å². The van der Waals surface area contributed by atoms with Gasteiger partial charge in [0, 0.05) is 26.8 Å². The molecule has 2 N–H and O–H groups in total. The average molecular weight is 300 g/mol. The lowest BCUT2D eigenvalue weighted by molar-refractivity contribution is 0.767. The van der Waals surface area contributed by atoms with Crippen LogP contribution in [0.15, 0.2) is 18.5 Å². The zero-order chi connectivity index (χ0) is 13.8. The molecule has 5 nitrogen and oxygen atoms in total. The van der Waals surface area contributed by atoms with Gasteiger partial charge in [-0.3, -0.25) is 4.68 Å². The number of nitrogens with one attached hydrogen (secondary N) is 2. The number of pyridine rings is 1. The van der Waals surface area contributed by atoms with Gasteiger partial charge in [0.2, 0.25) is 0 Å². The van der Waals surface area contributed by atoms with E-state index in [1.54, 1.807) is 17.8 Å². The fourth-order valence-electron chi connectivity index (χ4n) is 1.69. The number of aryl methyl sites for hydroxylation is 1. The van der Waals surface area contributed by atoms with E-state index in [0.717, 1.165) is 18.5 Å². The molecular weight excluding hydrogens is 285 g/mol. The third-order valence-corrected chi connectivity index (χ3v) is 3.21. The Balaban J connectivity index is 1.99. The first kappa shape index (κ1) is 14.0. The Kier molecular flexibility index (Phi) is 4.50. The standard InChI is InChI=1S/C12H15Cl2N5/c1-15-11-9(13)5-10(14)12(18-11)16-4-3-8-6-17-19(2)7-8/h5-7H,3-4H2,1-2H3,(H2,15,16,18). The van der Waals surface area contributed by atoms with E-state index >= 15 is 0 Å². The predicted molar refractivity (Wildman–Crippen MR) is 79.2 cm³/mol. The molecule has 0 unspecified atom stereocenters. The van der Waals surface area contributed by atoms with Crippen LogP contribution in [-0.4, -0.2) is 28.4 Å². The Morgan fingerprint density at radius 1 is 1.26 bits per heavy atom. The molecule has 0 spiro atoms. The highest BCUT2D eigenvalue weighted by atomic mass is 35.5. The maximum Gasteiger partial charge on any atom is 0.147 e. The van der Waals surface area contributed by atoms with Gasteiger partial charge in [-0.1, -0.05) is 23.2 Å². The van der Waals surface area contributed by atoms with E-state index in [2.05, 4.69) is 20.7 Å². The van der Waals surface area contributed by atoms with Gasteiger partial charge in [-0.15, -0.1) is 0 Å². The first-order valence-corrected chi connectivity index (χ1v) is 6.61. The van der Waals surface area contributed by atoms with Crippen LogP contribution in [0.1, 0.15) is 5.56 Å². The lowest BCUT2D eigenvalue weighted by Gasteiger charge is -2.10. The highest BCUT2D eigenvalue weighted by Gasteiger charge is 2.08. The lowest BCUT2D eigenvalue weighted by atomic mass is 10.2. The summed E-state index contributed by atoms with van der Waals surface area (Å²) in [6.07, 6.45) is 4.68. The van der Waals surface area contributed by atoms with E-state index in [9.17, 15) is 0 Å². The van der Waals surface area contributed by atoms with Crippen molar-refractivity contribution in [3.63, 3.8) is 0 Å². The van der Waals surface area contributed by atoms with Crippen molar-refractivity contribution >= 4 is 34.8 Å². The molecule has 102 valence electrons. The van der Waals surface area contributed by atoms with Crippen LogP contribution in [0, 0.1) is 0 Å². The second-order valence-electron chi connectivity index (χ2n) is 4.10. The average Bonchev–Trinajstić information content (AvgIpc) is 2.78. The molecule has 0 aliphatic heterocycles. The lowest BCUT2D eigenvalue weighted by Crippen LogP contribution is -2.07. The first-order chi connectivity index (χ1) is 9.10. The Morgan fingerprint density at radius 3 is 2.63 bits per heavy atom. The second-order valence-corrected chi connectivity index (χ2v) is 4.91. The summed E-state index contributed by atoms with van der Waals surface area (Å²) in [5.74, 6) is 1.23. The van der Waals surface area contributed by atoms with Crippen molar-refractivity contribution < 1.29 is 0 Å². The molecule has 2 aromatic rings. The first-order valence-electron chi connectivity index (χ1n) is 5.85. The van der Waals surface area contributed by atoms with Crippen LogP contribution in [0.3, 0.4) is 0 Å². The zero-order valence-corrected chi connectivity index (χ0v) is 12.3. The fourth-order valence-corrected chi connectivity index (χ4v) is 2.21. The molecule has 2 aromatic heterocycles. The molecule has 0 saturated heterocycles. The number of hydrogen-bond acceptors (Lipinski definition) is 4. The SMILES string of the molecule is CNc1nc(NCCc2cnn(C)c2)c(Cl)cc1Cl. The number of anilines is 2. The van der Waals surface area contributed by atoms with E-state index < -0.39 is 0 Å². The summed E-state index contributed by atoms with van der Waals surface area (Å²) in [4.78, 5) is 4.32. The topological polar surface area (TPSA) is 54.8 Å². The molecular formula is C12H15Cl2N5. The largest absolute Gasteiger partial charge is 0.372 e. The molecule has 0 amide bonds. The molecule has 19 heavy (non-hydrogen) atoms. The molecule has 2 rings (SSSR count). The third-order valence-electron chi connectivity index (χ3n) is 2.63. The number of hydrogen-bond donors (Lipinski definition) is 2. The minimum atomic E-state index is 0.505. The Labute approximate surface area is 121 Å². The molecule has 0 aliphatic rings. The smallest absolute Gasteiger partial charge is 0.147 e. The fraction of sp³-hybridized carbons (Fsp3) is 0.333. The normalized spacial score (nSPS) is 10.5. The zero-order valence-electron chi connectivity index (χ0n) is 10.7. The van der Waals surface area contributed by atoms with E-state index in [1.807, 2.05) is 19.4 Å². The van der Waals surface area contributed by atoms with Gasteiger partial charge in [-0.25, -0.2) is 4.98 Å². The molecule has 0 radical (unpaired) electrons. The Hall–Kier alpha value is -1.46. The highest BCUT2D eigenvalue weighted by Crippen LogP contribution is 2.28. The van der Waals surface area contributed by atoms with Crippen LogP contribution < -0.4 is 10.6 Å². The van der Waals surface area contributed by atoms with E-state index in [4.69, 9.17) is 23.2 Å². The van der Waals surface area contributed by atoms with Crippen molar-refractivity contribution in [1.29, 1.82) is 0 Å². The van der Waals surface area contributed by atoms with Gasteiger partial charge in [0.05, 0.1) is 16.2 Å². The van der Waals surface area contributed by atoms with Gasteiger partial charge in [-0.2, -0.15) is 5.10 Å². The van der Waals surface area contributed by atoms with Crippen LogP contribution in [-0.2, 0) is 13.5 Å². The Morgan fingerprint density at radius 2 is 2.00 bits per heavy atom. The van der Waals surface area contributed by atoms with Crippen LogP contribution >= 0.6 is 23.2 Å². The van der Waals surface area contributed by atoms with Crippen molar-refractivity contribution in [3.05, 3.63) is 34.1 Å². The third kappa shape index (κ3) is 3.52. The minimum Gasteiger partial charge on any atom is -0.372 e. The van der Waals surface area contributed by atoms with E-state index in [0.29, 0.717) is 21.7 Å². The van der Waals surface area contributed by atoms with Crippen LogP contribution in [0.2, 0.25) is 10.0 Å². The molecule has 0 aromatic carbocycles. The van der Waals surface area contributed by atoms with Crippen molar-refractivity contribution in [2.75, 3.05) is 24.2 Å². The van der Waals surface area contributed by atoms with Crippen LogP contribution in [0.4, 0.5) is 11.6 Å². The monoisotopic (exact) mass is 299 g/mol. The quantitative estimate of drug-likeness (QED) is 0.891. The van der Waals surface area contributed by atoms with Crippen molar-refractivity contribution in [3.8, 4) is 0 Å². The summed E-state index contributed by atoms with van der Waals surface area (Å²) in [7, 11) is 3.66. The maximum atomic E-state index is 6.09. The molecule has 2 heterocycles. The highest BCUT2D eigenvalue weighted by molar-refractivity contribution is 6.37. The summed E-state index contributed by atoms with van der Waals surface area (Å²) in [6, 6.07) is 1.67. The molecule has 0 fully saturated rings. The van der Waals surface area contributed by atoms with Crippen LogP contribution in [0.5, 0.6) is 0 Å². The predicted octanol–water partition coefficient (Wildman–Crippen LogP) is 2.82. The van der Waals surface area contributed by atoms with E-state index in [-0.39, 0.29) is 0 Å². The molecule has 0 atom stereocenters. The van der Waals surface area contributed by atoms with Crippen molar-refractivity contribution in [1.82, 2.24) is 14.8 Å². The van der Waals surface area contributed by atoms with Gasteiger partial charge >= 0.3 is 0 Å². The number of halogens is 2. The Bertz CT molecular complexity index is 567. The maximum absolute atomic E-state index is 6.09. The molecule has 7 heteroatoms. The number of aromatic nitrogens is 3. The summed E-state index contributed by atoms with van der Waals surface area (Å²) < 4.78 is 1.78. The number of nitrogens with zero attached hydrogens (tertiary/aromatic N) is 3.